The minimum Gasteiger partial charge on any atom is -0.329 e. The first-order chi connectivity index (χ1) is 12.6. The molecular weight excluding hydrogens is 343 g/mol. The topological polar surface area (TPSA) is 49.6 Å². The fourth-order valence-corrected chi connectivity index (χ4v) is 3.23. The number of rotatable bonds is 2. The van der Waals surface area contributed by atoms with Crippen molar-refractivity contribution in [3.8, 4) is 0 Å². The Balaban J connectivity index is 1.94. The van der Waals surface area contributed by atoms with Gasteiger partial charge in [0.1, 0.15) is 11.6 Å². The van der Waals surface area contributed by atoms with E-state index in [9.17, 15) is 9.18 Å². The van der Waals surface area contributed by atoms with Gasteiger partial charge in [-0.2, -0.15) is 0 Å². The van der Waals surface area contributed by atoms with Gasteiger partial charge in [0.25, 0.3) is 5.91 Å². The number of carbonyl (C=O) groups is 1. The first-order valence-corrected chi connectivity index (χ1v) is 9.21. The van der Waals surface area contributed by atoms with Gasteiger partial charge in [-0.15, -0.1) is 0 Å². The van der Waals surface area contributed by atoms with E-state index in [0.717, 1.165) is 11.4 Å². The van der Waals surface area contributed by atoms with Gasteiger partial charge in [-0.25, -0.2) is 9.38 Å². The molecule has 144 valence electrons. The van der Waals surface area contributed by atoms with Crippen molar-refractivity contribution in [3.63, 3.8) is 0 Å². The van der Waals surface area contributed by atoms with E-state index < -0.39 is 5.82 Å². The normalized spacial score (nSPS) is 14.2. The maximum atomic E-state index is 13.8. The Morgan fingerprint density at radius 2 is 1.96 bits per heavy atom. The van der Waals surface area contributed by atoms with Crippen molar-refractivity contribution < 1.29 is 9.18 Å². The molecule has 1 aromatic carbocycles. The molecule has 0 saturated heterocycles. The Morgan fingerprint density at radius 1 is 1.26 bits per heavy atom. The summed E-state index contributed by atoms with van der Waals surface area (Å²) in [5.74, 6) is 0.777. The van der Waals surface area contributed by atoms with E-state index in [2.05, 4.69) is 61.8 Å². The van der Waals surface area contributed by atoms with Crippen LogP contribution in [0.15, 0.2) is 35.5 Å². The molecule has 0 saturated carbocycles. The van der Waals surface area contributed by atoms with Gasteiger partial charge in [0.15, 0.2) is 0 Å². The SMILES string of the molecule is Cc1ccc(C(=O)NC2=NCc3ccn(C(C)(C)C)c3N2C(C)C)cc1F. The number of guanidine groups is 1. The summed E-state index contributed by atoms with van der Waals surface area (Å²) >= 11 is 0. The first-order valence-electron chi connectivity index (χ1n) is 9.21. The van der Waals surface area contributed by atoms with Crippen LogP contribution in [-0.4, -0.2) is 22.5 Å². The number of nitrogens with one attached hydrogen (secondary N) is 1. The number of fused-ring (bicyclic) bond motifs is 1. The Hall–Kier alpha value is -2.63. The van der Waals surface area contributed by atoms with E-state index in [0.29, 0.717) is 18.1 Å². The summed E-state index contributed by atoms with van der Waals surface area (Å²) in [6.45, 7) is 12.7. The zero-order valence-corrected chi connectivity index (χ0v) is 16.8. The largest absolute Gasteiger partial charge is 0.329 e. The third-order valence-corrected chi connectivity index (χ3v) is 4.69. The maximum Gasteiger partial charge on any atom is 0.258 e. The summed E-state index contributed by atoms with van der Waals surface area (Å²) in [7, 11) is 0. The molecule has 1 aliphatic heterocycles. The van der Waals surface area contributed by atoms with E-state index >= 15 is 0 Å². The predicted molar refractivity (Wildman–Crippen MR) is 107 cm³/mol. The number of aromatic nitrogens is 1. The zero-order valence-electron chi connectivity index (χ0n) is 16.8. The number of carbonyl (C=O) groups excluding carboxylic acids is 1. The average Bonchev–Trinajstić information content (AvgIpc) is 3.00. The number of hydrogen-bond acceptors (Lipinski definition) is 3. The van der Waals surface area contributed by atoms with Gasteiger partial charge in [0, 0.05) is 28.9 Å². The van der Waals surface area contributed by atoms with Crippen molar-refractivity contribution >= 4 is 17.7 Å². The molecule has 0 atom stereocenters. The second kappa shape index (κ2) is 6.83. The molecule has 2 heterocycles. The van der Waals surface area contributed by atoms with Gasteiger partial charge < -0.3 is 4.57 Å². The van der Waals surface area contributed by atoms with Gasteiger partial charge in [0.2, 0.25) is 5.96 Å². The molecule has 1 N–H and O–H groups in total. The minimum atomic E-state index is -0.391. The van der Waals surface area contributed by atoms with Gasteiger partial charge in [-0.3, -0.25) is 15.0 Å². The molecule has 0 spiro atoms. The summed E-state index contributed by atoms with van der Waals surface area (Å²) < 4.78 is 16.0. The molecule has 1 aliphatic rings. The number of hydrogen-bond donors (Lipinski definition) is 1. The van der Waals surface area contributed by atoms with Crippen LogP contribution in [0.5, 0.6) is 0 Å². The Kier molecular flexibility index (Phi) is 4.84. The van der Waals surface area contributed by atoms with Crippen molar-refractivity contribution in [2.45, 2.75) is 59.7 Å². The number of anilines is 1. The summed E-state index contributed by atoms with van der Waals surface area (Å²) in [5, 5.41) is 2.88. The molecule has 0 aliphatic carbocycles. The van der Waals surface area contributed by atoms with Crippen LogP contribution in [0.3, 0.4) is 0 Å². The number of amides is 1. The lowest BCUT2D eigenvalue weighted by atomic mass is 10.1. The van der Waals surface area contributed by atoms with Crippen molar-refractivity contribution in [1.82, 2.24) is 9.88 Å². The maximum absolute atomic E-state index is 13.8. The number of benzene rings is 1. The van der Waals surface area contributed by atoms with Crippen LogP contribution >= 0.6 is 0 Å². The molecule has 27 heavy (non-hydrogen) atoms. The summed E-state index contributed by atoms with van der Waals surface area (Å²) in [5.41, 5.74) is 1.81. The van der Waals surface area contributed by atoms with Crippen LogP contribution in [0.25, 0.3) is 0 Å². The standard InChI is InChI=1S/C21H27FN4O/c1-13(2)26-19-16(9-10-25(19)21(4,5)6)12-23-20(26)24-18(27)15-8-7-14(3)17(22)11-15/h7-11,13H,12H2,1-6H3,(H,23,24,27). The lowest BCUT2D eigenvalue weighted by molar-refractivity contribution is 0.0975. The Morgan fingerprint density at radius 3 is 2.56 bits per heavy atom. The molecule has 2 aromatic rings. The first kappa shape index (κ1) is 19.1. The molecule has 0 radical (unpaired) electrons. The van der Waals surface area contributed by atoms with Crippen molar-refractivity contribution in [3.05, 3.63) is 53.0 Å². The molecule has 6 heteroatoms. The second-order valence-electron chi connectivity index (χ2n) is 8.23. The second-order valence-corrected chi connectivity index (χ2v) is 8.23. The highest BCUT2D eigenvalue weighted by Gasteiger charge is 2.31. The lowest BCUT2D eigenvalue weighted by Crippen LogP contribution is -2.50. The molecule has 1 aromatic heterocycles. The van der Waals surface area contributed by atoms with Crippen LogP contribution < -0.4 is 10.2 Å². The number of aliphatic imine (C=N–C) groups is 1. The van der Waals surface area contributed by atoms with E-state index in [1.807, 2.05) is 4.90 Å². The van der Waals surface area contributed by atoms with Gasteiger partial charge in [-0.05, 0) is 65.3 Å². The Bertz CT molecular complexity index is 905. The van der Waals surface area contributed by atoms with Crippen molar-refractivity contribution in [1.29, 1.82) is 0 Å². The number of nitrogens with zero attached hydrogens (tertiary/aromatic N) is 3. The third kappa shape index (κ3) is 3.61. The van der Waals surface area contributed by atoms with E-state index in [1.165, 1.54) is 6.07 Å². The van der Waals surface area contributed by atoms with Crippen LogP contribution in [0, 0.1) is 12.7 Å². The molecular formula is C21H27FN4O. The van der Waals surface area contributed by atoms with E-state index in [1.54, 1.807) is 19.1 Å². The smallest absolute Gasteiger partial charge is 0.258 e. The van der Waals surface area contributed by atoms with Crippen molar-refractivity contribution in [2.75, 3.05) is 4.90 Å². The highest BCUT2D eigenvalue weighted by atomic mass is 19.1. The van der Waals surface area contributed by atoms with Gasteiger partial charge >= 0.3 is 0 Å². The van der Waals surface area contributed by atoms with Crippen LogP contribution in [0.1, 0.15) is 56.1 Å². The molecule has 3 rings (SSSR count). The predicted octanol–water partition coefficient (Wildman–Crippen LogP) is 4.21. The van der Waals surface area contributed by atoms with Crippen molar-refractivity contribution in [2.24, 2.45) is 4.99 Å². The van der Waals surface area contributed by atoms with Gasteiger partial charge in [0.05, 0.1) is 6.54 Å². The fourth-order valence-electron chi connectivity index (χ4n) is 3.23. The fraction of sp³-hybridized carbons (Fsp3) is 0.429. The zero-order chi connectivity index (χ0) is 19.9. The highest BCUT2D eigenvalue weighted by Crippen LogP contribution is 2.33. The molecule has 0 unspecified atom stereocenters. The number of halogens is 1. The third-order valence-electron chi connectivity index (χ3n) is 4.69. The Labute approximate surface area is 159 Å². The molecule has 5 nitrogen and oxygen atoms in total. The van der Waals surface area contributed by atoms with Crippen LogP contribution in [0.4, 0.5) is 10.2 Å². The average molecular weight is 370 g/mol. The molecule has 1 amide bonds. The summed E-state index contributed by atoms with van der Waals surface area (Å²) in [6, 6.07) is 6.66. The monoisotopic (exact) mass is 370 g/mol. The quantitative estimate of drug-likeness (QED) is 0.861. The summed E-state index contributed by atoms with van der Waals surface area (Å²) in [4.78, 5) is 19.3. The highest BCUT2D eigenvalue weighted by molar-refractivity contribution is 6.11. The molecule has 0 bridgehead atoms. The van der Waals surface area contributed by atoms with E-state index in [-0.39, 0.29) is 23.1 Å². The minimum absolute atomic E-state index is 0.0915. The molecule has 0 fully saturated rings. The van der Waals surface area contributed by atoms with E-state index in [4.69, 9.17) is 0 Å². The lowest BCUT2D eigenvalue weighted by Gasteiger charge is -2.37. The van der Waals surface area contributed by atoms with Crippen LogP contribution in [-0.2, 0) is 12.1 Å². The summed E-state index contributed by atoms with van der Waals surface area (Å²) in [6.07, 6.45) is 2.07. The van der Waals surface area contributed by atoms with Crippen LogP contribution in [0.2, 0.25) is 0 Å². The van der Waals surface area contributed by atoms with Gasteiger partial charge in [-0.1, -0.05) is 6.07 Å². The number of aryl methyl sites for hydroxylation is 1.